The summed E-state index contributed by atoms with van der Waals surface area (Å²) < 4.78 is 2.31. The van der Waals surface area contributed by atoms with Crippen LogP contribution in [0.2, 0.25) is 0 Å². The lowest BCUT2D eigenvalue weighted by Gasteiger charge is -2.14. The number of hydrogen-bond acceptors (Lipinski definition) is 3. The lowest BCUT2D eigenvalue weighted by atomic mass is 9.99. The van der Waals surface area contributed by atoms with Crippen LogP contribution in [0.3, 0.4) is 0 Å². The van der Waals surface area contributed by atoms with E-state index in [1.54, 1.807) is 0 Å². The molecule has 0 bridgehead atoms. The van der Waals surface area contributed by atoms with Crippen molar-refractivity contribution < 1.29 is 0 Å². The average Bonchev–Trinajstić information content (AvgIpc) is 3.49. The van der Waals surface area contributed by atoms with Gasteiger partial charge in [-0.1, -0.05) is 103 Å². The molecule has 4 nitrogen and oxygen atoms in total. The van der Waals surface area contributed by atoms with Crippen molar-refractivity contribution in [3.8, 4) is 50.7 Å². The molecule has 47 heavy (non-hydrogen) atoms. The fourth-order valence-corrected chi connectivity index (χ4v) is 6.66. The molecule has 0 aliphatic rings. The fourth-order valence-electron chi connectivity index (χ4n) is 6.66. The highest BCUT2D eigenvalue weighted by molar-refractivity contribution is 6.07. The number of nitrogens with zero attached hydrogens (tertiary/aromatic N) is 4. The van der Waals surface area contributed by atoms with Gasteiger partial charge in [0.1, 0.15) is 0 Å². The molecule has 4 heterocycles. The van der Waals surface area contributed by atoms with Gasteiger partial charge in [0.05, 0.1) is 39.3 Å². The topological polar surface area (TPSA) is 43.6 Å². The Balaban J connectivity index is 1.21. The van der Waals surface area contributed by atoms with Gasteiger partial charge in [-0.25, -0.2) is 9.97 Å². The van der Waals surface area contributed by atoms with E-state index < -0.39 is 0 Å². The zero-order chi connectivity index (χ0) is 31.2. The van der Waals surface area contributed by atoms with Gasteiger partial charge in [-0.15, -0.1) is 0 Å². The van der Waals surface area contributed by atoms with E-state index in [0.29, 0.717) is 0 Å². The number of hydrogen-bond donors (Lipinski definition) is 0. The van der Waals surface area contributed by atoms with Gasteiger partial charge in [0.15, 0.2) is 0 Å². The van der Waals surface area contributed by atoms with Gasteiger partial charge in [-0.3, -0.25) is 4.98 Å². The fraction of sp³-hybridized carbons (Fsp3) is 0. The zero-order valence-electron chi connectivity index (χ0n) is 25.5. The normalized spacial score (nSPS) is 11.4. The molecule has 0 saturated carbocycles. The van der Waals surface area contributed by atoms with E-state index in [1.807, 2.05) is 24.4 Å². The Morgan fingerprint density at radius 3 is 1.91 bits per heavy atom. The standard InChI is InChI=1S/C43H28N4/c1-2-12-29(13-3-1)31-26-32(28-33(27-31)47-41-23-7-6-17-36(41)43-42(47)24-11-25-44-43)37-19-9-21-39(45-37)40-22-10-20-38(46-40)35-18-8-15-30-14-4-5-16-34(30)35/h1-28H. The third-order valence-electron chi connectivity index (χ3n) is 8.83. The summed E-state index contributed by atoms with van der Waals surface area (Å²) in [7, 11) is 0. The van der Waals surface area contributed by atoms with Crippen LogP contribution in [0.25, 0.3) is 83.4 Å². The summed E-state index contributed by atoms with van der Waals surface area (Å²) in [5, 5.41) is 3.52. The minimum absolute atomic E-state index is 0.831. The third-order valence-corrected chi connectivity index (χ3v) is 8.83. The molecule has 0 N–H and O–H groups in total. The molecule has 9 rings (SSSR count). The summed E-state index contributed by atoms with van der Waals surface area (Å²) in [5.74, 6) is 0. The van der Waals surface area contributed by atoms with E-state index in [0.717, 1.165) is 72.7 Å². The van der Waals surface area contributed by atoms with Crippen molar-refractivity contribution >= 4 is 32.7 Å². The molecule has 9 aromatic rings. The Kier molecular flexibility index (Phi) is 6.43. The summed E-state index contributed by atoms with van der Waals surface area (Å²) in [6, 6.07) is 57.1. The van der Waals surface area contributed by atoms with Crippen LogP contribution in [0.5, 0.6) is 0 Å². The highest BCUT2D eigenvalue weighted by Gasteiger charge is 2.16. The molecule has 5 aromatic carbocycles. The van der Waals surface area contributed by atoms with Crippen LogP contribution >= 0.6 is 0 Å². The monoisotopic (exact) mass is 600 g/mol. The van der Waals surface area contributed by atoms with Crippen molar-refractivity contribution in [2.24, 2.45) is 0 Å². The van der Waals surface area contributed by atoms with Crippen molar-refractivity contribution in [3.05, 3.63) is 170 Å². The van der Waals surface area contributed by atoms with Crippen molar-refractivity contribution in [1.82, 2.24) is 19.5 Å². The van der Waals surface area contributed by atoms with E-state index in [2.05, 4.69) is 150 Å². The van der Waals surface area contributed by atoms with Crippen molar-refractivity contribution in [3.63, 3.8) is 0 Å². The molecule has 0 aliphatic carbocycles. The molecule has 0 amide bonds. The molecule has 0 atom stereocenters. The molecule has 4 heteroatoms. The van der Waals surface area contributed by atoms with Crippen LogP contribution in [-0.2, 0) is 0 Å². The Bertz CT molecular complexity index is 2520. The number of aromatic nitrogens is 4. The molecule has 220 valence electrons. The van der Waals surface area contributed by atoms with Gasteiger partial charge in [-0.2, -0.15) is 0 Å². The quantitative estimate of drug-likeness (QED) is 0.197. The molecular weight excluding hydrogens is 573 g/mol. The highest BCUT2D eigenvalue weighted by Crippen LogP contribution is 2.36. The van der Waals surface area contributed by atoms with Gasteiger partial charge in [0.2, 0.25) is 0 Å². The smallest absolute Gasteiger partial charge is 0.0963 e. The molecule has 0 fully saturated rings. The predicted octanol–water partition coefficient (Wildman–Crippen LogP) is 10.8. The van der Waals surface area contributed by atoms with Crippen molar-refractivity contribution in [2.45, 2.75) is 0 Å². The van der Waals surface area contributed by atoms with E-state index in [4.69, 9.17) is 15.0 Å². The molecule has 4 aromatic heterocycles. The highest BCUT2D eigenvalue weighted by atomic mass is 15.0. The second kappa shape index (κ2) is 11.2. The van der Waals surface area contributed by atoms with Crippen LogP contribution in [0.15, 0.2) is 170 Å². The van der Waals surface area contributed by atoms with Gasteiger partial charge >= 0.3 is 0 Å². The predicted molar refractivity (Wildman–Crippen MR) is 193 cm³/mol. The van der Waals surface area contributed by atoms with E-state index in [9.17, 15) is 0 Å². The van der Waals surface area contributed by atoms with Crippen molar-refractivity contribution in [2.75, 3.05) is 0 Å². The Morgan fingerprint density at radius 1 is 0.404 bits per heavy atom. The second-order valence-electron chi connectivity index (χ2n) is 11.7. The first-order chi connectivity index (χ1) is 23.3. The van der Waals surface area contributed by atoms with E-state index in [-0.39, 0.29) is 0 Å². The summed E-state index contributed by atoms with van der Waals surface area (Å²) in [4.78, 5) is 15.1. The maximum atomic E-state index is 5.21. The molecule has 0 aliphatic heterocycles. The largest absolute Gasteiger partial charge is 0.308 e. The maximum Gasteiger partial charge on any atom is 0.0963 e. The number of para-hydroxylation sites is 1. The van der Waals surface area contributed by atoms with Crippen LogP contribution in [0, 0.1) is 0 Å². The number of benzene rings is 5. The first kappa shape index (κ1) is 27.0. The Labute approximate surface area is 272 Å². The SMILES string of the molecule is c1ccc(-c2cc(-c3cccc(-c4cccc(-c5cccc6ccccc56)n4)n3)cc(-n3c4ccccc4c4ncccc43)c2)cc1. The number of fused-ring (bicyclic) bond motifs is 4. The summed E-state index contributed by atoms with van der Waals surface area (Å²) >= 11 is 0. The van der Waals surface area contributed by atoms with Crippen LogP contribution in [0.4, 0.5) is 0 Å². The minimum Gasteiger partial charge on any atom is -0.308 e. The van der Waals surface area contributed by atoms with E-state index >= 15 is 0 Å². The second-order valence-corrected chi connectivity index (χ2v) is 11.7. The lowest BCUT2D eigenvalue weighted by Crippen LogP contribution is -1.97. The summed E-state index contributed by atoms with van der Waals surface area (Å²) in [6.07, 6.45) is 1.86. The van der Waals surface area contributed by atoms with Gasteiger partial charge < -0.3 is 4.57 Å². The minimum atomic E-state index is 0.831. The molecule has 0 unspecified atom stereocenters. The first-order valence-electron chi connectivity index (χ1n) is 15.8. The average molecular weight is 601 g/mol. The summed E-state index contributed by atoms with van der Waals surface area (Å²) in [5.41, 5.74) is 12.1. The van der Waals surface area contributed by atoms with Crippen LogP contribution < -0.4 is 0 Å². The Morgan fingerprint density at radius 2 is 1.04 bits per heavy atom. The van der Waals surface area contributed by atoms with Gasteiger partial charge in [0.25, 0.3) is 0 Å². The lowest BCUT2D eigenvalue weighted by molar-refractivity contribution is 1.17. The van der Waals surface area contributed by atoms with Gasteiger partial charge in [0, 0.05) is 28.4 Å². The molecule has 0 saturated heterocycles. The van der Waals surface area contributed by atoms with E-state index in [1.165, 1.54) is 10.8 Å². The van der Waals surface area contributed by atoms with Gasteiger partial charge in [-0.05, 0) is 82.6 Å². The molecule has 0 spiro atoms. The van der Waals surface area contributed by atoms with Crippen molar-refractivity contribution in [1.29, 1.82) is 0 Å². The Hall–Kier alpha value is -6.39. The molecule has 0 radical (unpaired) electrons. The number of pyridine rings is 3. The number of rotatable bonds is 5. The summed E-state index contributed by atoms with van der Waals surface area (Å²) in [6.45, 7) is 0. The maximum absolute atomic E-state index is 5.21. The molecular formula is C43H28N4. The third kappa shape index (κ3) is 4.75. The zero-order valence-corrected chi connectivity index (χ0v) is 25.5. The first-order valence-corrected chi connectivity index (χ1v) is 15.8. The van der Waals surface area contributed by atoms with Crippen LogP contribution in [-0.4, -0.2) is 19.5 Å². The van der Waals surface area contributed by atoms with Crippen LogP contribution in [0.1, 0.15) is 0 Å².